The molecule has 0 bridgehead atoms. The molecular formula is C12H14Cl3NO. The van der Waals surface area contributed by atoms with Crippen LogP contribution in [-0.2, 0) is 0 Å². The summed E-state index contributed by atoms with van der Waals surface area (Å²) in [5, 5.41) is 3.52. The zero-order valence-electron chi connectivity index (χ0n) is 9.64. The third kappa shape index (κ3) is 4.38. The number of halogens is 3. The van der Waals surface area contributed by atoms with E-state index in [0.717, 1.165) is 0 Å². The number of rotatable bonds is 4. The number of nitrogens with one attached hydrogen (secondary N) is 1. The summed E-state index contributed by atoms with van der Waals surface area (Å²) in [6, 6.07) is 4.95. The van der Waals surface area contributed by atoms with Crippen LogP contribution in [0.2, 0.25) is 10.0 Å². The van der Waals surface area contributed by atoms with Crippen LogP contribution in [0.15, 0.2) is 18.2 Å². The number of amides is 1. The quantitative estimate of drug-likeness (QED) is 0.831. The molecular weight excluding hydrogens is 280 g/mol. The minimum absolute atomic E-state index is 0.00650. The number of hydrogen-bond acceptors (Lipinski definition) is 1. The topological polar surface area (TPSA) is 29.1 Å². The molecule has 0 spiro atoms. The van der Waals surface area contributed by atoms with Gasteiger partial charge in [0.15, 0.2) is 0 Å². The maximum atomic E-state index is 12.0. The molecule has 2 unspecified atom stereocenters. The van der Waals surface area contributed by atoms with Crippen LogP contribution >= 0.6 is 34.8 Å². The summed E-state index contributed by atoms with van der Waals surface area (Å²) in [5.41, 5.74) is 0.310. The predicted octanol–water partition coefficient (Wildman–Crippen LogP) is 4.13. The van der Waals surface area contributed by atoms with E-state index in [9.17, 15) is 4.79 Å². The molecule has 0 saturated carbocycles. The molecule has 94 valence electrons. The zero-order valence-corrected chi connectivity index (χ0v) is 11.9. The molecule has 5 heteroatoms. The lowest BCUT2D eigenvalue weighted by atomic mass is 10.1. The van der Waals surface area contributed by atoms with E-state index in [1.165, 1.54) is 0 Å². The Morgan fingerprint density at radius 3 is 2.29 bits per heavy atom. The van der Waals surface area contributed by atoms with Crippen LogP contribution in [-0.4, -0.2) is 17.3 Å². The smallest absolute Gasteiger partial charge is 0.254 e. The molecule has 1 amide bonds. The number of carbonyl (C=O) groups excluding carboxylic acids is 1. The first-order valence-corrected chi connectivity index (χ1v) is 6.50. The zero-order chi connectivity index (χ0) is 13.0. The molecule has 1 rings (SSSR count). The Bertz CT molecular complexity index is 386. The van der Waals surface area contributed by atoms with Crippen LogP contribution in [0.25, 0.3) is 0 Å². The van der Waals surface area contributed by atoms with Gasteiger partial charge in [-0.1, -0.05) is 29.3 Å². The van der Waals surface area contributed by atoms with Gasteiger partial charge in [-0.25, -0.2) is 0 Å². The normalized spacial score (nSPS) is 14.2. The monoisotopic (exact) mass is 293 g/mol. The van der Waals surface area contributed by atoms with Gasteiger partial charge < -0.3 is 5.32 Å². The van der Waals surface area contributed by atoms with Crippen molar-refractivity contribution < 1.29 is 4.79 Å². The van der Waals surface area contributed by atoms with Crippen molar-refractivity contribution in [3.05, 3.63) is 33.8 Å². The highest BCUT2D eigenvalue weighted by Gasteiger charge is 2.17. The predicted molar refractivity (Wildman–Crippen MR) is 73.3 cm³/mol. The number of alkyl halides is 1. The highest BCUT2D eigenvalue weighted by molar-refractivity contribution is 6.39. The number of carbonyl (C=O) groups is 1. The lowest BCUT2D eigenvalue weighted by Gasteiger charge is -2.16. The first-order chi connectivity index (χ1) is 7.91. The SMILES string of the molecule is CC(Cl)CC(C)NC(=O)c1c(Cl)cccc1Cl. The van der Waals surface area contributed by atoms with E-state index in [4.69, 9.17) is 34.8 Å². The van der Waals surface area contributed by atoms with Gasteiger partial charge in [0.05, 0.1) is 15.6 Å². The fraction of sp³-hybridized carbons (Fsp3) is 0.417. The number of hydrogen-bond donors (Lipinski definition) is 1. The lowest BCUT2D eigenvalue weighted by Crippen LogP contribution is -2.34. The van der Waals surface area contributed by atoms with Crippen LogP contribution in [0.4, 0.5) is 0 Å². The third-order valence-electron chi connectivity index (χ3n) is 2.25. The summed E-state index contributed by atoms with van der Waals surface area (Å²) in [6.07, 6.45) is 0.690. The van der Waals surface area contributed by atoms with E-state index in [-0.39, 0.29) is 17.3 Å². The summed E-state index contributed by atoms with van der Waals surface area (Å²) in [4.78, 5) is 12.0. The summed E-state index contributed by atoms with van der Waals surface area (Å²) < 4.78 is 0. The van der Waals surface area contributed by atoms with Gasteiger partial charge in [-0.05, 0) is 32.4 Å². The van der Waals surface area contributed by atoms with Crippen molar-refractivity contribution in [3.63, 3.8) is 0 Å². The molecule has 1 aromatic carbocycles. The van der Waals surface area contributed by atoms with Crippen molar-refractivity contribution in [2.75, 3.05) is 0 Å². The minimum Gasteiger partial charge on any atom is -0.349 e. The molecule has 0 aliphatic rings. The maximum Gasteiger partial charge on any atom is 0.254 e. The Labute approximate surface area is 116 Å². The summed E-state index contributed by atoms with van der Waals surface area (Å²) in [5.74, 6) is -0.273. The molecule has 0 fully saturated rings. The van der Waals surface area contributed by atoms with Crippen molar-refractivity contribution in [1.82, 2.24) is 5.32 Å². The lowest BCUT2D eigenvalue weighted by molar-refractivity contribution is 0.0939. The standard InChI is InChI=1S/C12H14Cl3NO/c1-7(13)6-8(2)16-12(17)11-9(14)4-3-5-10(11)15/h3-5,7-8H,6H2,1-2H3,(H,16,17). The Balaban J connectivity index is 2.77. The molecule has 2 nitrogen and oxygen atoms in total. The second-order valence-corrected chi connectivity index (χ2v) is 5.55. The summed E-state index contributed by atoms with van der Waals surface area (Å²) in [7, 11) is 0. The first kappa shape index (κ1) is 14.6. The molecule has 1 aromatic rings. The van der Waals surface area contributed by atoms with E-state index < -0.39 is 0 Å². The van der Waals surface area contributed by atoms with Crippen LogP contribution < -0.4 is 5.32 Å². The number of benzene rings is 1. The van der Waals surface area contributed by atoms with Crippen molar-refractivity contribution >= 4 is 40.7 Å². The largest absolute Gasteiger partial charge is 0.349 e. The highest BCUT2D eigenvalue weighted by atomic mass is 35.5. The van der Waals surface area contributed by atoms with Gasteiger partial charge >= 0.3 is 0 Å². The second kappa shape index (κ2) is 6.48. The average Bonchev–Trinajstić information content (AvgIpc) is 2.15. The van der Waals surface area contributed by atoms with E-state index in [1.54, 1.807) is 18.2 Å². The summed E-state index contributed by atoms with van der Waals surface area (Å²) in [6.45, 7) is 3.77. The molecule has 0 aliphatic heterocycles. The molecule has 0 radical (unpaired) electrons. The van der Waals surface area contributed by atoms with E-state index in [2.05, 4.69) is 5.32 Å². The Morgan fingerprint density at radius 1 is 1.29 bits per heavy atom. The fourth-order valence-electron chi connectivity index (χ4n) is 1.56. The van der Waals surface area contributed by atoms with Crippen molar-refractivity contribution in [3.8, 4) is 0 Å². The molecule has 1 N–H and O–H groups in total. The third-order valence-corrected chi connectivity index (χ3v) is 3.05. The van der Waals surface area contributed by atoms with Gasteiger partial charge in [0.25, 0.3) is 5.91 Å². The second-order valence-electron chi connectivity index (χ2n) is 3.99. The van der Waals surface area contributed by atoms with Gasteiger partial charge in [-0.3, -0.25) is 4.79 Å². The minimum atomic E-state index is -0.273. The Kier molecular flexibility index (Phi) is 5.57. The van der Waals surface area contributed by atoms with Crippen LogP contribution in [0.5, 0.6) is 0 Å². The van der Waals surface area contributed by atoms with E-state index in [0.29, 0.717) is 22.0 Å². The molecule has 17 heavy (non-hydrogen) atoms. The fourth-order valence-corrected chi connectivity index (χ4v) is 2.39. The van der Waals surface area contributed by atoms with Crippen LogP contribution in [0.1, 0.15) is 30.6 Å². The molecule has 0 heterocycles. The van der Waals surface area contributed by atoms with Gasteiger partial charge in [0.2, 0.25) is 0 Å². The summed E-state index contributed by atoms with van der Waals surface area (Å²) >= 11 is 17.7. The maximum absolute atomic E-state index is 12.0. The van der Waals surface area contributed by atoms with Crippen molar-refractivity contribution in [2.24, 2.45) is 0 Å². The van der Waals surface area contributed by atoms with E-state index in [1.807, 2.05) is 13.8 Å². The Hall–Kier alpha value is -0.440. The molecule has 0 aliphatic carbocycles. The highest BCUT2D eigenvalue weighted by Crippen LogP contribution is 2.24. The van der Waals surface area contributed by atoms with Crippen LogP contribution in [0.3, 0.4) is 0 Å². The van der Waals surface area contributed by atoms with Crippen molar-refractivity contribution in [1.29, 1.82) is 0 Å². The van der Waals surface area contributed by atoms with Gasteiger partial charge in [-0.2, -0.15) is 0 Å². The van der Waals surface area contributed by atoms with E-state index >= 15 is 0 Å². The van der Waals surface area contributed by atoms with Crippen molar-refractivity contribution in [2.45, 2.75) is 31.7 Å². The average molecular weight is 295 g/mol. The molecule has 0 aromatic heterocycles. The molecule has 2 atom stereocenters. The molecule has 0 saturated heterocycles. The van der Waals surface area contributed by atoms with Crippen LogP contribution in [0, 0.1) is 0 Å². The van der Waals surface area contributed by atoms with Gasteiger partial charge in [0, 0.05) is 11.4 Å². The van der Waals surface area contributed by atoms with Gasteiger partial charge in [0.1, 0.15) is 0 Å². The first-order valence-electron chi connectivity index (χ1n) is 5.30. The Morgan fingerprint density at radius 2 is 1.82 bits per heavy atom. The van der Waals surface area contributed by atoms with Gasteiger partial charge in [-0.15, -0.1) is 11.6 Å².